The van der Waals surface area contributed by atoms with Gasteiger partial charge < -0.3 is 15.7 Å². The van der Waals surface area contributed by atoms with Gasteiger partial charge in [0.2, 0.25) is 0 Å². The molecule has 1 unspecified atom stereocenters. The van der Waals surface area contributed by atoms with E-state index < -0.39 is 11.8 Å². The molecule has 1 aliphatic rings. The van der Waals surface area contributed by atoms with E-state index in [2.05, 4.69) is 10.6 Å². The lowest BCUT2D eigenvalue weighted by Gasteiger charge is -2.16. The smallest absolute Gasteiger partial charge is 0.313 e. The van der Waals surface area contributed by atoms with Gasteiger partial charge in [-0.1, -0.05) is 42.5 Å². The van der Waals surface area contributed by atoms with Crippen LogP contribution in [0.25, 0.3) is 11.1 Å². The Kier molecular flexibility index (Phi) is 5.46. The fourth-order valence-corrected chi connectivity index (χ4v) is 2.86. The van der Waals surface area contributed by atoms with E-state index in [0.29, 0.717) is 18.0 Å². The first-order valence-corrected chi connectivity index (χ1v) is 8.55. The Hall–Kier alpha value is -2.66. The first-order valence-electron chi connectivity index (χ1n) is 8.55. The number of hydrogen-bond acceptors (Lipinski definition) is 3. The number of aliphatic hydroxyl groups excluding tert-OH is 1. The molecule has 130 valence electrons. The van der Waals surface area contributed by atoms with Crippen LogP contribution in [0.15, 0.2) is 54.6 Å². The van der Waals surface area contributed by atoms with Crippen molar-refractivity contribution in [3.63, 3.8) is 0 Å². The van der Waals surface area contributed by atoms with Crippen LogP contribution in [0, 0.1) is 5.92 Å². The van der Waals surface area contributed by atoms with Crippen LogP contribution in [-0.4, -0.2) is 29.6 Å². The summed E-state index contributed by atoms with van der Waals surface area (Å²) in [5.41, 5.74) is 2.71. The van der Waals surface area contributed by atoms with E-state index in [4.69, 9.17) is 5.11 Å². The van der Waals surface area contributed by atoms with E-state index in [1.165, 1.54) is 0 Å². The van der Waals surface area contributed by atoms with Crippen LogP contribution in [0.3, 0.4) is 0 Å². The highest BCUT2D eigenvalue weighted by atomic mass is 16.3. The summed E-state index contributed by atoms with van der Waals surface area (Å²) in [4.78, 5) is 24.1. The molecule has 5 heteroatoms. The molecule has 2 amide bonds. The van der Waals surface area contributed by atoms with Gasteiger partial charge in [-0.2, -0.15) is 0 Å². The van der Waals surface area contributed by atoms with Gasteiger partial charge in [0.15, 0.2) is 0 Å². The monoisotopic (exact) mass is 338 g/mol. The third-order valence-electron chi connectivity index (χ3n) is 4.40. The first-order chi connectivity index (χ1) is 12.2. The second-order valence-electron chi connectivity index (χ2n) is 6.33. The molecule has 0 spiro atoms. The average Bonchev–Trinajstić information content (AvgIpc) is 3.48. The lowest BCUT2D eigenvalue weighted by Crippen LogP contribution is -2.43. The minimum atomic E-state index is -0.684. The predicted molar refractivity (Wildman–Crippen MR) is 96.9 cm³/mol. The van der Waals surface area contributed by atoms with E-state index in [9.17, 15) is 9.59 Å². The minimum absolute atomic E-state index is 0.00398. The molecule has 0 saturated heterocycles. The van der Waals surface area contributed by atoms with Crippen molar-refractivity contribution < 1.29 is 14.7 Å². The second kappa shape index (κ2) is 7.94. The van der Waals surface area contributed by atoms with Gasteiger partial charge in [-0.3, -0.25) is 9.59 Å². The molecular weight excluding hydrogens is 316 g/mol. The van der Waals surface area contributed by atoms with Crippen molar-refractivity contribution in [3.05, 3.63) is 54.6 Å². The molecular formula is C20H22N2O3. The van der Waals surface area contributed by atoms with Gasteiger partial charge in [0.1, 0.15) is 0 Å². The molecule has 2 aromatic carbocycles. The van der Waals surface area contributed by atoms with Gasteiger partial charge in [-0.05, 0) is 48.4 Å². The zero-order chi connectivity index (χ0) is 17.6. The Bertz CT molecular complexity index is 724. The zero-order valence-corrected chi connectivity index (χ0v) is 13.9. The summed E-state index contributed by atoms with van der Waals surface area (Å²) >= 11 is 0. The minimum Gasteiger partial charge on any atom is -0.396 e. The molecule has 25 heavy (non-hydrogen) atoms. The van der Waals surface area contributed by atoms with Crippen molar-refractivity contribution in [2.24, 2.45) is 5.92 Å². The molecule has 0 bridgehead atoms. The van der Waals surface area contributed by atoms with Gasteiger partial charge in [-0.15, -0.1) is 0 Å². The summed E-state index contributed by atoms with van der Waals surface area (Å²) in [5, 5.41) is 14.4. The summed E-state index contributed by atoms with van der Waals surface area (Å²) in [7, 11) is 0. The molecule has 1 saturated carbocycles. The van der Waals surface area contributed by atoms with E-state index >= 15 is 0 Å². The maximum atomic E-state index is 12.1. The molecule has 3 N–H and O–H groups in total. The summed E-state index contributed by atoms with van der Waals surface area (Å²) in [5.74, 6) is -0.956. The van der Waals surface area contributed by atoms with Crippen LogP contribution >= 0.6 is 0 Å². The summed E-state index contributed by atoms with van der Waals surface area (Å²) in [6, 6.07) is 17.2. The largest absolute Gasteiger partial charge is 0.396 e. The zero-order valence-electron chi connectivity index (χ0n) is 13.9. The molecule has 5 nitrogen and oxygen atoms in total. The van der Waals surface area contributed by atoms with Crippen molar-refractivity contribution in [2.75, 3.05) is 11.9 Å². The average molecular weight is 338 g/mol. The van der Waals surface area contributed by atoms with E-state index in [0.717, 1.165) is 24.0 Å². The Morgan fingerprint density at radius 2 is 1.60 bits per heavy atom. The number of anilines is 1. The maximum absolute atomic E-state index is 12.1. The SMILES string of the molecule is O=C(Nc1ccc(-c2ccccc2)cc1)C(=O)NC(CCO)C1CC1. The Morgan fingerprint density at radius 1 is 0.960 bits per heavy atom. The predicted octanol–water partition coefficient (Wildman–Crippen LogP) is 2.57. The first kappa shape index (κ1) is 17.2. The summed E-state index contributed by atoms with van der Waals surface area (Å²) in [6.07, 6.45) is 2.55. The fraction of sp³-hybridized carbons (Fsp3) is 0.300. The Labute approximate surface area is 147 Å². The molecule has 0 radical (unpaired) electrons. The number of rotatable bonds is 6. The van der Waals surface area contributed by atoms with E-state index in [-0.39, 0.29) is 12.6 Å². The maximum Gasteiger partial charge on any atom is 0.313 e. The fourth-order valence-electron chi connectivity index (χ4n) is 2.86. The van der Waals surface area contributed by atoms with Crippen LogP contribution in [0.4, 0.5) is 5.69 Å². The lowest BCUT2D eigenvalue weighted by molar-refractivity contribution is -0.136. The standard InChI is InChI=1S/C20H22N2O3/c23-13-12-18(16-6-7-16)22-20(25)19(24)21-17-10-8-15(9-11-17)14-4-2-1-3-5-14/h1-5,8-11,16,18,23H,6-7,12-13H2,(H,21,24)(H,22,25). The number of nitrogens with one attached hydrogen (secondary N) is 2. The quantitative estimate of drug-likeness (QED) is 0.708. The van der Waals surface area contributed by atoms with Crippen molar-refractivity contribution in [1.29, 1.82) is 0 Å². The van der Waals surface area contributed by atoms with Gasteiger partial charge in [-0.25, -0.2) is 0 Å². The topological polar surface area (TPSA) is 78.4 Å². The molecule has 1 aliphatic carbocycles. The molecule has 1 atom stereocenters. The van der Waals surface area contributed by atoms with Gasteiger partial charge in [0.25, 0.3) is 0 Å². The number of carbonyl (C=O) groups is 2. The highest BCUT2D eigenvalue weighted by molar-refractivity contribution is 6.39. The van der Waals surface area contributed by atoms with Crippen LogP contribution < -0.4 is 10.6 Å². The molecule has 1 fully saturated rings. The second-order valence-corrected chi connectivity index (χ2v) is 6.33. The van der Waals surface area contributed by atoms with Gasteiger partial charge >= 0.3 is 11.8 Å². The molecule has 0 heterocycles. The lowest BCUT2D eigenvalue weighted by atomic mass is 10.1. The third kappa shape index (κ3) is 4.67. The van der Waals surface area contributed by atoms with E-state index in [1.807, 2.05) is 42.5 Å². The van der Waals surface area contributed by atoms with Crippen LogP contribution in [-0.2, 0) is 9.59 Å². The number of benzene rings is 2. The van der Waals surface area contributed by atoms with Crippen molar-refractivity contribution >= 4 is 17.5 Å². The van der Waals surface area contributed by atoms with Gasteiger partial charge in [0.05, 0.1) is 0 Å². The highest BCUT2D eigenvalue weighted by Gasteiger charge is 2.32. The number of hydrogen-bond donors (Lipinski definition) is 3. The highest BCUT2D eigenvalue weighted by Crippen LogP contribution is 2.33. The third-order valence-corrected chi connectivity index (χ3v) is 4.40. The summed E-state index contributed by atoms with van der Waals surface area (Å²) in [6.45, 7) is 0.00398. The normalized spacial score (nSPS) is 14.6. The molecule has 3 rings (SSSR count). The van der Waals surface area contributed by atoms with Crippen molar-refractivity contribution in [1.82, 2.24) is 5.32 Å². The Balaban J connectivity index is 1.57. The van der Waals surface area contributed by atoms with Gasteiger partial charge in [0, 0.05) is 18.3 Å². The van der Waals surface area contributed by atoms with Crippen LogP contribution in [0.2, 0.25) is 0 Å². The number of aliphatic hydroxyl groups is 1. The number of amides is 2. The van der Waals surface area contributed by atoms with Crippen molar-refractivity contribution in [3.8, 4) is 11.1 Å². The summed E-state index contributed by atoms with van der Waals surface area (Å²) < 4.78 is 0. The molecule has 0 aliphatic heterocycles. The molecule has 0 aromatic heterocycles. The van der Waals surface area contributed by atoms with Crippen LogP contribution in [0.1, 0.15) is 19.3 Å². The number of carbonyl (C=O) groups excluding carboxylic acids is 2. The van der Waals surface area contributed by atoms with E-state index in [1.54, 1.807) is 12.1 Å². The van der Waals surface area contributed by atoms with Crippen LogP contribution in [0.5, 0.6) is 0 Å². The van der Waals surface area contributed by atoms with Crippen molar-refractivity contribution in [2.45, 2.75) is 25.3 Å². The Morgan fingerprint density at radius 3 is 2.20 bits per heavy atom. The molecule has 2 aromatic rings.